The average Bonchev–Trinajstić information content (AvgIpc) is 2.95. The summed E-state index contributed by atoms with van der Waals surface area (Å²) in [6, 6.07) is 11.6. The molecule has 3 heterocycles. The number of rotatable bonds is 10. The van der Waals surface area contributed by atoms with Crippen molar-refractivity contribution < 1.29 is 18.9 Å². The second-order valence-corrected chi connectivity index (χ2v) is 8.99. The molecule has 5 rings (SSSR count). The molecule has 0 atom stereocenters. The van der Waals surface area contributed by atoms with E-state index >= 15 is 0 Å². The summed E-state index contributed by atoms with van der Waals surface area (Å²) in [4.78, 5) is 13.7. The van der Waals surface area contributed by atoms with Crippen molar-refractivity contribution in [3.63, 3.8) is 0 Å². The van der Waals surface area contributed by atoms with Gasteiger partial charge in [-0.3, -0.25) is 9.80 Å². The zero-order valence-electron chi connectivity index (χ0n) is 21.0. The lowest BCUT2D eigenvalue weighted by Gasteiger charge is -2.27. The van der Waals surface area contributed by atoms with Crippen LogP contribution in [-0.4, -0.2) is 98.7 Å². The van der Waals surface area contributed by atoms with Gasteiger partial charge in [0, 0.05) is 62.0 Å². The van der Waals surface area contributed by atoms with Gasteiger partial charge in [0.25, 0.3) is 0 Å². The summed E-state index contributed by atoms with van der Waals surface area (Å²) in [7, 11) is 0. The minimum atomic E-state index is 0.548. The Morgan fingerprint density at radius 1 is 0.865 bits per heavy atom. The molecular weight excluding hydrogens is 470 g/mol. The molecule has 194 valence electrons. The first-order chi connectivity index (χ1) is 18.3. The standard InChI is InChI=1S/C28H33N5O4/c1-2-22-4-3-5-23(18-22)31-28-24-19-26(36-16-10-32-6-12-34-13-7-32)27(20-25(24)29-21-30-28)37-17-11-33-8-14-35-15-9-33/h1,3-5,18-21H,6-17H2,(H,29,30,31). The van der Waals surface area contributed by atoms with Gasteiger partial charge in [0.2, 0.25) is 0 Å². The highest BCUT2D eigenvalue weighted by molar-refractivity contribution is 5.93. The number of fused-ring (bicyclic) bond motifs is 1. The lowest BCUT2D eigenvalue weighted by atomic mass is 10.2. The van der Waals surface area contributed by atoms with Crippen molar-refractivity contribution in [2.24, 2.45) is 0 Å². The van der Waals surface area contributed by atoms with E-state index in [1.807, 2.05) is 36.4 Å². The minimum absolute atomic E-state index is 0.548. The molecule has 1 N–H and O–H groups in total. The van der Waals surface area contributed by atoms with Crippen molar-refractivity contribution in [2.45, 2.75) is 0 Å². The third-order valence-electron chi connectivity index (χ3n) is 6.53. The van der Waals surface area contributed by atoms with Gasteiger partial charge in [-0.2, -0.15) is 0 Å². The van der Waals surface area contributed by atoms with Crippen LogP contribution in [-0.2, 0) is 9.47 Å². The van der Waals surface area contributed by atoms with Crippen LogP contribution < -0.4 is 14.8 Å². The van der Waals surface area contributed by atoms with E-state index in [-0.39, 0.29) is 0 Å². The van der Waals surface area contributed by atoms with Crippen molar-refractivity contribution in [1.29, 1.82) is 0 Å². The Morgan fingerprint density at radius 2 is 1.51 bits per heavy atom. The molecule has 9 nitrogen and oxygen atoms in total. The van der Waals surface area contributed by atoms with Crippen LogP contribution in [0.5, 0.6) is 11.5 Å². The number of anilines is 2. The maximum atomic E-state index is 6.28. The molecule has 0 aliphatic carbocycles. The highest BCUT2D eigenvalue weighted by Gasteiger charge is 2.16. The van der Waals surface area contributed by atoms with E-state index in [4.69, 9.17) is 25.4 Å². The molecule has 1 aromatic heterocycles. The van der Waals surface area contributed by atoms with Crippen LogP contribution >= 0.6 is 0 Å². The van der Waals surface area contributed by atoms with E-state index in [1.165, 1.54) is 0 Å². The first kappa shape index (κ1) is 25.2. The van der Waals surface area contributed by atoms with Gasteiger partial charge in [-0.15, -0.1) is 6.42 Å². The summed E-state index contributed by atoms with van der Waals surface area (Å²) in [6.07, 6.45) is 7.12. The van der Waals surface area contributed by atoms with Crippen LogP contribution in [0.3, 0.4) is 0 Å². The molecule has 9 heteroatoms. The third kappa shape index (κ3) is 6.87. The smallest absolute Gasteiger partial charge is 0.163 e. The monoisotopic (exact) mass is 503 g/mol. The fourth-order valence-electron chi connectivity index (χ4n) is 4.43. The average molecular weight is 504 g/mol. The molecule has 2 aromatic carbocycles. The summed E-state index contributed by atoms with van der Waals surface area (Å²) >= 11 is 0. The third-order valence-corrected chi connectivity index (χ3v) is 6.53. The zero-order chi connectivity index (χ0) is 25.3. The van der Waals surface area contributed by atoms with Crippen LogP contribution in [0.1, 0.15) is 5.56 Å². The summed E-state index contributed by atoms with van der Waals surface area (Å²) in [5.74, 6) is 4.71. The molecule has 0 radical (unpaired) electrons. The molecule has 2 aliphatic heterocycles. The molecule has 2 saturated heterocycles. The number of nitrogens with zero attached hydrogens (tertiary/aromatic N) is 4. The van der Waals surface area contributed by atoms with Crippen molar-refractivity contribution in [1.82, 2.24) is 19.8 Å². The van der Waals surface area contributed by atoms with Gasteiger partial charge < -0.3 is 24.3 Å². The summed E-state index contributed by atoms with van der Waals surface area (Å²) in [6.45, 7) is 9.50. The summed E-state index contributed by atoms with van der Waals surface area (Å²) in [5.41, 5.74) is 2.43. The Balaban J connectivity index is 1.35. The Hall–Kier alpha value is -3.42. The molecule has 2 aliphatic rings. The number of nitrogens with one attached hydrogen (secondary N) is 1. The topological polar surface area (TPSA) is 81.2 Å². The van der Waals surface area contributed by atoms with E-state index in [9.17, 15) is 0 Å². The van der Waals surface area contributed by atoms with Gasteiger partial charge >= 0.3 is 0 Å². The summed E-state index contributed by atoms with van der Waals surface area (Å²) in [5, 5.41) is 4.22. The second-order valence-electron chi connectivity index (χ2n) is 8.99. The molecule has 0 unspecified atom stereocenters. The van der Waals surface area contributed by atoms with E-state index in [0.717, 1.165) is 87.8 Å². The highest BCUT2D eigenvalue weighted by atomic mass is 16.5. The lowest BCUT2D eigenvalue weighted by Crippen LogP contribution is -2.39. The van der Waals surface area contributed by atoms with Gasteiger partial charge in [-0.25, -0.2) is 9.97 Å². The number of benzene rings is 2. The first-order valence-corrected chi connectivity index (χ1v) is 12.8. The molecule has 0 saturated carbocycles. The summed E-state index contributed by atoms with van der Waals surface area (Å²) < 4.78 is 23.4. The van der Waals surface area contributed by atoms with Gasteiger partial charge in [0.15, 0.2) is 11.5 Å². The number of morpholine rings is 2. The van der Waals surface area contributed by atoms with E-state index in [1.54, 1.807) is 6.33 Å². The lowest BCUT2D eigenvalue weighted by molar-refractivity contribution is 0.0305. The van der Waals surface area contributed by atoms with Gasteiger partial charge in [0.05, 0.1) is 31.9 Å². The minimum Gasteiger partial charge on any atom is -0.488 e. The number of hydrogen-bond donors (Lipinski definition) is 1. The number of terminal acetylenes is 1. The fourth-order valence-corrected chi connectivity index (χ4v) is 4.43. The number of hydrogen-bond acceptors (Lipinski definition) is 9. The maximum Gasteiger partial charge on any atom is 0.163 e. The Bertz CT molecular complexity index is 1220. The van der Waals surface area contributed by atoms with Crippen LogP contribution in [0.2, 0.25) is 0 Å². The van der Waals surface area contributed by atoms with Crippen molar-refractivity contribution in [2.75, 3.05) is 84.2 Å². The Labute approximate surface area is 217 Å². The molecule has 2 fully saturated rings. The quantitative estimate of drug-likeness (QED) is 0.420. The number of ether oxygens (including phenoxy) is 4. The molecule has 0 spiro atoms. The molecule has 37 heavy (non-hydrogen) atoms. The van der Waals surface area contributed by atoms with Crippen LogP contribution in [0.15, 0.2) is 42.7 Å². The fraction of sp³-hybridized carbons (Fsp3) is 0.429. The highest BCUT2D eigenvalue weighted by Crippen LogP contribution is 2.35. The molecule has 3 aromatic rings. The SMILES string of the molecule is C#Cc1cccc(Nc2ncnc3cc(OCCN4CCOCC4)c(OCCN4CCOCC4)cc23)c1. The van der Waals surface area contributed by atoms with E-state index < -0.39 is 0 Å². The Morgan fingerprint density at radius 3 is 2.16 bits per heavy atom. The largest absolute Gasteiger partial charge is 0.488 e. The zero-order valence-corrected chi connectivity index (χ0v) is 21.0. The van der Waals surface area contributed by atoms with Gasteiger partial charge in [-0.1, -0.05) is 12.0 Å². The second kappa shape index (κ2) is 12.7. The maximum absolute atomic E-state index is 6.28. The first-order valence-electron chi connectivity index (χ1n) is 12.8. The molecule has 0 amide bonds. The Kier molecular flexibility index (Phi) is 8.66. The van der Waals surface area contributed by atoms with Crippen molar-refractivity contribution >= 4 is 22.4 Å². The molecular formula is C28H33N5O4. The predicted molar refractivity (Wildman–Crippen MR) is 143 cm³/mol. The molecule has 0 bridgehead atoms. The number of aromatic nitrogens is 2. The van der Waals surface area contributed by atoms with Crippen LogP contribution in [0.25, 0.3) is 10.9 Å². The predicted octanol–water partition coefficient (Wildman–Crippen LogP) is 2.78. The van der Waals surface area contributed by atoms with Gasteiger partial charge in [-0.05, 0) is 24.3 Å². The van der Waals surface area contributed by atoms with Gasteiger partial charge in [0.1, 0.15) is 25.4 Å². The normalized spacial score (nSPS) is 16.8. The van der Waals surface area contributed by atoms with Crippen molar-refractivity contribution in [3.05, 3.63) is 48.3 Å². The van der Waals surface area contributed by atoms with Crippen LogP contribution in [0.4, 0.5) is 11.5 Å². The van der Waals surface area contributed by atoms with Crippen LogP contribution in [0, 0.1) is 12.3 Å². The van der Waals surface area contributed by atoms with E-state index in [2.05, 4.69) is 31.0 Å². The van der Waals surface area contributed by atoms with E-state index in [0.29, 0.717) is 30.5 Å². The van der Waals surface area contributed by atoms with Crippen molar-refractivity contribution in [3.8, 4) is 23.8 Å².